The van der Waals surface area contributed by atoms with Crippen molar-refractivity contribution in [1.29, 1.82) is 0 Å². The average Bonchev–Trinajstić information content (AvgIpc) is 2.94. The summed E-state index contributed by atoms with van der Waals surface area (Å²) in [5, 5.41) is 0. The minimum Gasteiger partial charge on any atom is -0.382 e. The second-order valence-corrected chi connectivity index (χ2v) is 6.72. The Labute approximate surface area is 110 Å². The smallest absolute Gasteiger partial charge is 0.223 e. The molecule has 1 heterocycles. The molecule has 1 atom stereocenters. The van der Waals surface area contributed by atoms with Crippen molar-refractivity contribution >= 4 is 5.91 Å². The predicted octanol–water partition coefficient (Wildman–Crippen LogP) is 1.83. The van der Waals surface area contributed by atoms with Crippen molar-refractivity contribution in [3.8, 4) is 0 Å². The Kier molecular flexibility index (Phi) is 3.70. The molecule has 4 nitrogen and oxygen atoms in total. The van der Waals surface area contributed by atoms with Gasteiger partial charge in [0.2, 0.25) is 5.91 Å². The minimum absolute atomic E-state index is 0.00490. The van der Waals surface area contributed by atoms with Crippen molar-refractivity contribution in [2.45, 2.75) is 51.7 Å². The van der Waals surface area contributed by atoms with Crippen LogP contribution in [0.4, 0.5) is 0 Å². The van der Waals surface area contributed by atoms with Crippen LogP contribution in [-0.2, 0) is 14.3 Å². The van der Waals surface area contributed by atoms with E-state index in [2.05, 4.69) is 6.92 Å². The molecule has 1 aliphatic carbocycles. The number of nitrogens with zero attached hydrogens (tertiary/aromatic N) is 1. The van der Waals surface area contributed by atoms with Crippen LogP contribution in [0.5, 0.6) is 0 Å². The molecule has 0 bridgehead atoms. The number of morpholine rings is 1. The number of methoxy groups -OCH3 is 1. The molecule has 18 heavy (non-hydrogen) atoms. The lowest BCUT2D eigenvalue weighted by Crippen LogP contribution is -2.55. The standard InChI is InChI=1S/C14H25NO3/c1-13(2)10-15(8-11(18-13)9-17-4)12(16)7-14(3)5-6-14/h11H,5-10H2,1-4H3. The van der Waals surface area contributed by atoms with Gasteiger partial charge < -0.3 is 14.4 Å². The van der Waals surface area contributed by atoms with Crippen LogP contribution in [0.1, 0.15) is 40.0 Å². The second-order valence-electron chi connectivity index (χ2n) is 6.72. The second kappa shape index (κ2) is 4.82. The van der Waals surface area contributed by atoms with Crippen molar-refractivity contribution in [2.24, 2.45) is 5.41 Å². The summed E-state index contributed by atoms with van der Waals surface area (Å²) in [7, 11) is 1.67. The van der Waals surface area contributed by atoms with E-state index in [0.717, 1.165) is 0 Å². The molecule has 4 heteroatoms. The summed E-state index contributed by atoms with van der Waals surface area (Å²) in [5.41, 5.74) is -0.00214. The quantitative estimate of drug-likeness (QED) is 0.769. The molecule has 2 fully saturated rings. The average molecular weight is 255 g/mol. The highest BCUT2D eigenvalue weighted by Crippen LogP contribution is 2.48. The lowest BCUT2D eigenvalue weighted by atomic mass is 10.0. The maximum Gasteiger partial charge on any atom is 0.223 e. The molecule has 2 rings (SSSR count). The molecule has 0 radical (unpaired) electrons. The zero-order valence-electron chi connectivity index (χ0n) is 12.0. The van der Waals surface area contributed by atoms with E-state index in [1.807, 2.05) is 18.7 Å². The number of carbonyl (C=O) groups excluding carboxylic acids is 1. The number of rotatable bonds is 4. The van der Waals surface area contributed by atoms with Crippen molar-refractivity contribution in [3.05, 3.63) is 0 Å². The highest BCUT2D eigenvalue weighted by atomic mass is 16.5. The number of hydrogen-bond acceptors (Lipinski definition) is 3. The normalized spacial score (nSPS) is 29.1. The molecule has 1 aliphatic heterocycles. The zero-order valence-corrected chi connectivity index (χ0v) is 12.0. The molecule has 1 saturated heterocycles. The Morgan fingerprint density at radius 1 is 1.39 bits per heavy atom. The summed E-state index contributed by atoms with van der Waals surface area (Å²) in [4.78, 5) is 14.3. The summed E-state index contributed by atoms with van der Waals surface area (Å²) >= 11 is 0. The van der Waals surface area contributed by atoms with Gasteiger partial charge >= 0.3 is 0 Å². The van der Waals surface area contributed by atoms with E-state index in [1.54, 1.807) is 7.11 Å². The van der Waals surface area contributed by atoms with Crippen LogP contribution in [0.25, 0.3) is 0 Å². The first kappa shape index (κ1) is 13.8. The molecule has 0 N–H and O–H groups in total. The van der Waals surface area contributed by atoms with E-state index < -0.39 is 0 Å². The molecular weight excluding hydrogens is 230 g/mol. The van der Waals surface area contributed by atoms with Crippen molar-refractivity contribution in [2.75, 3.05) is 26.8 Å². The molecule has 1 unspecified atom stereocenters. The van der Waals surface area contributed by atoms with Crippen LogP contribution in [0.2, 0.25) is 0 Å². The van der Waals surface area contributed by atoms with Gasteiger partial charge in [-0.2, -0.15) is 0 Å². The van der Waals surface area contributed by atoms with E-state index >= 15 is 0 Å². The monoisotopic (exact) mass is 255 g/mol. The van der Waals surface area contributed by atoms with Crippen molar-refractivity contribution in [3.63, 3.8) is 0 Å². The molecule has 1 amide bonds. The van der Waals surface area contributed by atoms with Crippen LogP contribution in [0.3, 0.4) is 0 Å². The molecular formula is C14H25NO3. The van der Waals surface area contributed by atoms with Crippen LogP contribution in [-0.4, -0.2) is 49.3 Å². The molecule has 0 aromatic carbocycles. The van der Waals surface area contributed by atoms with Gasteiger partial charge in [-0.3, -0.25) is 4.79 Å². The summed E-state index contributed by atoms with van der Waals surface area (Å²) in [6, 6.07) is 0. The van der Waals surface area contributed by atoms with Gasteiger partial charge in [-0.25, -0.2) is 0 Å². The van der Waals surface area contributed by atoms with E-state index in [9.17, 15) is 4.79 Å². The Balaban J connectivity index is 1.95. The summed E-state index contributed by atoms with van der Waals surface area (Å²) < 4.78 is 11.1. The Bertz CT molecular complexity index is 323. The fourth-order valence-corrected chi connectivity index (χ4v) is 2.63. The minimum atomic E-state index is -0.276. The van der Waals surface area contributed by atoms with Crippen LogP contribution in [0, 0.1) is 5.41 Å². The lowest BCUT2D eigenvalue weighted by Gasteiger charge is -2.43. The summed E-state index contributed by atoms with van der Waals surface area (Å²) in [6.45, 7) is 8.16. The van der Waals surface area contributed by atoms with Gasteiger partial charge in [0.1, 0.15) is 0 Å². The zero-order chi connectivity index (χ0) is 13.4. The van der Waals surface area contributed by atoms with Crippen molar-refractivity contribution in [1.82, 2.24) is 4.90 Å². The highest BCUT2D eigenvalue weighted by Gasteiger charge is 2.42. The van der Waals surface area contributed by atoms with Crippen LogP contribution < -0.4 is 0 Å². The van der Waals surface area contributed by atoms with Crippen molar-refractivity contribution < 1.29 is 14.3 Å². The Morgan fingerprint density at radius 3 is 2.61 bits per heavy atom. The largest absolute Gasteiger partial charge is 0.382 e. The number of carbonyl (C=O) groups is 1. The Hall–Kier alpha value is -0.610. The van der Waals surface area contributed by atoms with E-state index in [1.165, 1.54) is 12.8 Å². The fourth-order valence-electron chi connectivity index (χ4n) is 2.63. The maximum atomic E-state index is 12.3. The first-order valence-corrected chi connectivity index (χ1v) is 6.78. The van der Waals surface area contributed by atoms with Gasteiger partial charge in [0.15, 0.2) is 0 Å². The summed E-state index contributed by atoms with van der Waals surface area (Å²) in [5.74, 6) is 0.271. The van der Waals surface area contributed by atoms with Gasteiger partial charge in [-0.15, -0.1) is 0 Å². The van der Waals surface area contributed by atoms with Gasteiger partial charge in [0, 0.05) is 26.6 Å². The van der Waals surface area contributed by atoms with Gasteiger partial charge in [0.25, 0.3) is 0 Å². The molecule has 0 spiro atoms. The number of amides is 1. The molecule has 104 valence electrons. The Morgan fingerprint density at radius 2 is 2.06 bits per heavy atom. The predicted molar refractivity (Wildman–Crippen MR) is 69.4 cm³/mol. The van der Waals surface area contributed by atoms with E-state index in [0.29, 0.717) is 26.1 Å². The van der Waals surface area contributed by atoms with Gasteiger partial charge in [0.05, 0.1) is 18.3 Å². The van der Waals surface area contributed by atoms with Crippen LogP contribution in [0.15, 0.2) is 0 Å². The number of ether oxygens (including phenoxy) is 2. The molecule has 0 aromatic rings. The summed E-state index contributed by atoms with van der Waals surface area (Å²) in [6.07, 6.45) is 3.06. The third-order valence-electron chi connectivity index (χ3n) is 3.87. The first-order chi connectivity index (χ1) is 8.34. The molecule has 1 saturated carbocycles. The lowest BCUT2D eigenvalue weighted by molar-refractivity contribution is -0.169. The third kappa shape index (κ3) is 3.45. The van der Waals surface area contributed by atoms with Crippen LogP contribution >= 0.6 is 0 Å². The molecule has 0 aromatic heterocycles. The number of hydrogen-bond donors (Lipinski definition) is 0. The SMILES string of the molecule is COCC1CN(C(=O)CC2(C)CC2)CC(C)(C)O1. The fraction of sp³-hybridized carbons (Fsp3) is 0.929. The van der Waals surface area contributed by atoms with E-state index in [4.69, 9.17) is 9.47 Å². The topological polar surface area (TPSA) is 38.8 Å². The van der Waals surface area contributed by atoms with Gasteiger partial charge in [-0.05, 0) is 32.1 Å². The molecule has 2 aliphatic rings. The van der Waals surface area contributed by atoms with E-state index in [-0.39, 0.29) is 23.0 Å². The van der Waals surface area contributed by atoms with Gasteiger partial charge in [-0.1, -0.05) is 6.92 Å². The first-order valence-electron chi connectivity index (χ1n) is 6.78. The maximum absolute atomic E-state index is 12.3. The third-order valence-corrected chi connectivity index (χ3v) is 3.87. The highest BCUT2D eigenvalue weighted by molar-refractivity contribution is 5.77.